The molecule has 150 valence electrons. The van der Waals surface area contributed by atoms with Gasteiger partial charge in [-0.2, -0.15) is 0 Å². The van der Waals surface area contributed by atoms with Gasteiger partial charge < -0.3 is 4.74 Å². The molecule has 2 aromatic rings. The quantitative estimate of drug-likeness (QED) is 0.637. The average Bonchev–Trinajstić information content (AvgIpc) is 3.16. The van der Waals surface area contributed by atoms with Gasteiger partial charge in [0.15, 0.2) is 0 Å². The second-order valence-electron chi connectivity index (χ2n) is 7.64. The number of nitrogens with one attached hydrogen (secondary N) is 1. The number of fused-ring (bicyclic) bond motifs is 1. The number of aryl methyl sites for hydroxylation is 1. The number of methoxy groups -OCH3 is 1. The number of halogens is 1. The number of nitrogens with zero attached hydrogens (tertiary/aromatic N) is 1. The van der Waals surface area contributed by atoms with Crippen LogP contribution >= 0.6 is 0 Å². The average molecular weight is 396 g/mol. The smallest absolute Gasteiger partial charge is 0.326 e. The number of hydrogen-bond acceptors (Lipinski definition) is 5. The SMILES string of the molecule is COC(=O)[C@]1(C)N[C@H](c2ccccc2C)[C@@H]2C(=O)N(c3ccccc3F)C(=O)[C@H]21. The monoisotopic (exact) mass is 396 g/mol. The first-order chi connectivity index (χ1) is 13.8. The van der Waals surface area contributed by atoms with Crippen molar-refractivity contribution in [2.45, 2.75) is 25.4 Å². The number of para-hydroxylation sites is 1. The predicted octanol–water partition coefficient (Wildman–Crippen LogP) is 2.52. The molecule has 7 heteroatoms. The summed E-state index contributed by atoms with van der Waals surface area (Å²) in [5, 5.41) is 3.19. The van der Waals surface area contributed by atoms with Crippen molar-refractivity contribution in [1.29, 1.82) is 0 Å². The maximum atomic E-state index is 14.4. The molecule has 2 heterocycles. The minimum absolute atomic E-state index is 0.104. The van der Waals surface area contributed by atoms with E-state index in [0.29, 0.717) is 0 Å². The van der Waals surface area contributed by atoms with Crippen LogP contribution in [0.2, 0.25) is 0 Å². The molecule has 0 saturated carbocycles. The van der Waals surface area contributed by atoms with Crippen LogP contribution in [0.4, 0.5) is 10.1 Å². The lowest BCUT2D eigenvalue weighted by molar-refractivity contribution is -0.151. The summed E-state index contributed by atoms with van der Waals surface area (Å²) in [7, 11) is 1.24. The number of esters is 1. The molecule has 0 aliphatic carbocycles. The Morgan fingerprint density at radius 3 is 2.41 bits per heavy atom. The highest BCUT2D eigenvalue weighted by Crippen LogP contribution is 2.50. The number of carbonyl (C=O) groups is 3. The van der Waals surface area contributed by atoms with Crippen LogP contribution in [0, 0.1) is 24.6 Å². The van der Waals surface area contributed by atoms with E-state index in [2.05, 4.69) is 5.32 Å². The molecule has 0 bridgehead atoms. The zero-order valence-corrected chi connectivity index (χ0v) is 16.3. The maximum Gasteiger partial charge on any atom is 0.326 e. The van der Waals surface area contributed by atoms with Gasteiger partial charge in [0.25, 0.3) is 0 Å². The number of ether oxygens (including phenoxy) is 1. The van der Waals surface area contributed by atoms with Crippen LogP contribution in [-0.4, -0.2) is 30.4 Å². The molecule has 1 N–H and O–H groups in total. The topological polar surface area (TPSA) is 75.7 Å². The Balaban J connectivity index is 1.87. The first-order valence-corrected chi connectivity index (χ1v) is 9.35. The molecule has 4 atom stereocenters. The molecule has 2 amide bonds. The third-order valence-electron chi connectivity index (χ3n) is 6.01. The van der Waals surface area contributed by atoms with Crippen LogP contribution in [0.3, 0.4) is 0 Å². The van der Waals surface area contributed by atoms with Gasteiger partial charge in [0.2, 0.25) is 11.8 Å². The lowest BCUT2D eigenvalue weighted by Crippen LogP contribution is -2.54. The molecule has 0 aromatic heterocycles. The highest BCUT2D eigenvalue weighted by Gasteiger charge is 2.67. The molecular weight excluding hydrogens is 375 g/mol. The Morgan fingerprint density at radius 2 is 1.76 bits per heavy atom. The summed E-state index contributed by atoms with van der Waals surface area (Å²) in [5.41, 5.74) is 0.209. The van der Waals surface area contributed by atoms with Crippen molar-refractivity contribution in [3.63, 3.8) is 0 Å². The van der Waals surface area contributed by atoms with Gasteiger partial charge in [0.05, 0.1) is 24.6 Å². The van der Waals surface area contributed by atoms with Crippen molar-refractivity contribution in [2.75, 3.05) is 12.0 Å². The second-order valence-corrected chi connectivity index (χ2v) is 7.64. The van der Waals surface area contributed by atoms with Gasteiger partial charge in [-0.05, 0) is 37.1 Å². The van der Waals surface area contributed by atoms with Crippen molar-refractivity contribution < 1.29 is 23.5 Å². The Kier molecular flexibility index (Phi) is 4.50. The fourth-order valence-corrected chi connectivity index (χ4v) is 4.61. The Hall–Kier alpha value is -3.06. The molecule has 2 fully saturated rings. The number of benzene rings is 2. The summed E-state index contributed by atoms with van der Waals surface area (Å²) < 4.78 is 19.4. The van der Waals surface area contributed by atoms with Crippen molar-refractivity contribution in [2.24, 2.45) is 11.8 Å². The van der Waals surface area contributed by atoms with Crippen LogP contribution in [-0.2, 0) is 19.1 Å². The van der Waals surface area contributed by atoms with E-state index in [4.69, 9.17) is 4.74 Å². The van der Waals surface area contributed by atoms with E-state index in [-0.39, 0.29) is 5.69 Å². The van der Waals surface area contributed by atoms with E-state index in [1.165, 1.54) is 25.3 Å². The molecule has 6 nitrogen and oxygen atoms in total. The van der Waals surface area contributed by atoms with Gasteiger partial charge in [-0.1, -0.05) is 36.4 Å². The zero-order chi connectivity index (χ0) is 20.9. The van der Waals surface area contributed by atoms with Gasteiger partial charge in [0, 0.05) is 6.04 Å². The Morgan fingerprint density at radius 1 is 1.10 bits per heavy atom. The van der Waals surface area contributed by atoms with Crippen LogP contribution in [0.1, 0.15) is 24.1 Å². The summed E-state index contributed by atoms with van der Waals surface area (Å²) in [6.07, 6.45) is 0. The van der Waals surface area contributed by atoms with E-state index in [9.17, 15) is 18.8 Å². The molecule has 0 spiro atoms. The Bertz CT molecular complexity index is 1020. The minimum atomic E-state index is -1.42. The van der Waals surface area contributed by atoms with Gasteiger partial charge in [-0.25, -0.2) is 9.29 Å². The normalized spacial score (nSPS) is 28.6. The summed E-state index contributed by atoms with van der Waals surface area (Å²) in [5.74, 6) is -4.31. The third kappa shape index (κ3) is 2.68. The highest BCUT2D eigenvalue weighted by atomic mass is 19.1. The zero-order valence-electron chi connectivity index (χ0n) is 16.3. The fourth-order valence-electron chi connectivity index (χ4n) is 4.61. The molecular formula is C22H21FN2O4. The number of rotatable bonds is 3. The largest absolute Gasteiger partial charge is 0.468 e. The van der Waals surface area contributed by atoms with E-state index in [1.54, 1.807) is 13.0 Å². The molecule has 2 aliphatic heterocycles. The van der Waals surface area contributed by atoms with Crippen molar-refractivity contribution in [1.82, 2.24) is 5.32 Å². The summed E-state index contributed by atoms with van der Waals surface area (Å²) in [4.78, 5) is 40.3. The minimum Gasteiger partial charge on any atom is -0.468 e. The van der Waals surface area contributed by atoms with Crippen molar-refractivity contribution in [3.8, 4) is 0 Å². The van der Waals surface area contributed by atoms with E-state index < -0.39 is 47.0 Å². The van der Waals surface area contributed by atoms with Crippen LogP contribution in [0.5, 0.6) is 0 Å². The fraction of sp³-hybridized carbons (Fsp3) is 0.318. The van der Waals surface area contributed by atoms with Crippen LogP contribution in [0.25, 0.3) is 0 Å². The third-order valence-corrected chi connectivity index (χ3v) is 6.01. The van der Waals surface area contributed by atoms with Gasteiger partial charge in [0.1, 0.15) is 11.4 Å². The van der Waals surface area contributed by atoms with Crippen molar-refractivity contribution in [3.05, 3.63) is 65.5 Å². The number of amides is 2. The highest BCUT2D eigenvalue weighted by molar-refractivity contribution is 6.24. The van der Waals surface area contributed by atoms with Crippen molar-refractivity contribution >= 4 is 23.5 Å². The lowest BCUT2D eigenvalue weighted by atomic mass is 9.80. The number of imide groups is 1. The summed E-state index contributed by atoms with van der Waals surface area (Å²) >= 11 is 0. The molecule has 2 aliphatic rings. The van der Waals surface area contributed by atoms with Gasteiger partial charge in [-0.3, -0.25) is 19.7 Å². The summed E-state index contributed by atoms with van der Waals surface area (Å²) in [6.45, 7) is 3.46. The van der Waals surface area contributed by atoms with Gasteiger partial charge in [-0.15, -0.1) is 0 Å². The summed E-state index contributed by atoms with van der Waals surface area (Å²) in [6, 6.07) is 12.5. The second kappa shape index (κ2) is 6.77. The first-order valence-electron chi connectivity index (χ1n) is 9.35. The lowest BCUT2D eigenvalue weighted by Gasteiger charge is -2.29. The molecule has 29 heavy (non-hydrogen) atoms. The number of carbonyl (C=O) groups excluding carboxylic acids is 3. The maximum absolute atomic E-state index is 14.4. The molecule has 4 rings (SSSR count). The molecule has 2 aromatic carbocycles. The molecule has 0 unspecified atom stereocenters. The van der Waals surface area contributed by atoms with E-state index >= 15 is 0 Å². The molecule has 2 saturated heterocycles. The standard InChI is InChI=1S/C22H21FN2O4/c1-12-8-4-5-9-13(12)18-16-17(22(2,24-18)21(28)29-3)20(27)25(19(16)26)15-11-7-6-10-14(15)23/h4-11,16-18,24H,1-3H3/t16-,17+,18-,22-/m1/s1. The van der Waals surface area contributed by atoms with Crippen LogP contribution in [0.15, 0.2) is 48.5 Å². The number of anilines is 1. The van der Waals surface area contributed by atoms with Gasteiger partial charge >= 0.3 is 5.97 Å². The first kappa shape index (κ1) is 19.3. The van der Waals surface area contributed by atoms with Crippen LogP contribution < -0.4 is 10.2 Å². The Labute approximate surface area is 167 Å². The number of hydrogen-bond donors (Lipinski definition) is 1. The molecule has 0 radical (unpaired) electrons. The van der Waals surface area contributed by atoms with E-state index in [0.717, 1.165) is 16.0 Å². The predicted molar refractivity (Wildman–Crippen MR) is 103 cm³/mol. The van der Waals surface area contributed by atoms with E-state index in [1.807, 2.05) is 31.2 Å².